The first-order valence-corrected chi connectivity index (χ1v) is 8.07. The number of rotatable bonds is 4. The average molecular weight is 297 g/mol. The highest BCUT2D eigenvalue weighted by molar-refractivity contribution is 5.87. The van der Waals surface area contributed by atoms with Crippen LogP contribution < -0.4 is 0 Å². The van der Waals surface area contributed by atoms with Crippen LogP contribution in [0.1, 0.15) is 39.5 Å². The lowest BCUT2D eigenvalue weighted by Crippen LogP contribution is -2.59. The summed E-state index contributed by atoms with van der Waals surface area (Å²) in [7, 11) is 0. The molecule has 2 heterocycles. The number of carboxylic acids is 1. The molecule has 2 aliphatic heterocycles. The van der Waals surface area contributed by atoms with Gasteiger partial charge in [-0.15, -0.1) is 0 Å². The molecule has 120 valence electrons. The van der Waals surface area contributed by atoms with Gasteiger partial charge in [0.25, 0.3) is 0 Å². The van der Waals surface area contributed by atoms with Gasteiger partial charge in [0.15, 0.2) is 0 Å². The monoisotopic (exact) mass is 297 g/mol. The third-order valence-electron chi connectivity index (χ3n) is 4.89. The fourth-order valence-corrected chi connectivity index (χ4v) is 3.55. The SMILES string of the molecule is CCCN1CCN(C(=O)N2CCCC2(CC)C(=O)O)CC1. The number of carbonyl (C=O) groups excluding carboxylic acids is 1. The summed E-state index contributed by atoms with van der Waals surface area (Å²) in [4.78, 5) is 30.2. The molecule has 1 unspecified atom stereocenters. The topological polar surface area (TPSA) is 64.1 Å². The maximum absolute atomic E-state index is 12.7. The number of hydrogen-bond acceptors (Lipinski definition) is 3. The lowest BCUT2D eigenvalue weighted by molar-refractivity contribution is -0.148. The van der Waals surface area contributed by atoms with Gasteiger partial charge in [-0.25, -0.2) is 9.59 Å². The van der Waals surface area contributed by atoms with E-state index >= 15 is 0 Å². The van der Waals surface area contributed by atoms with Gasteiger partial charge in [-0.3, -0.25) is 4.90 Å². The minimum atomic E-state index is -0.988. The van der Waals surface area contributed by atoms with Crippen molar-refractivity contribution in [2.24, 2.45) is 0 Å². The largest absolute Gasteiger partial charge is 0.479 e. The molecule has 2 saturated heterocycles. The van der Waals surface area contributed by atoms with Crippen molar-refractivity contribution in [1.29, 1.82) is 0 Å². The first kappa shape index (κ1) is 16.1. The fourth-order valence-electron chi connectivity index (χ4n) is 3.55. The van der Waals surface area contributed by atoms with Crippen molar-refractivity contribution < 1.29 is 14.7 Å². The molecular weight excluding hydrogens is 270 g/mol. The van der Waals surface area contributed by atoms with Gasteiger partial charge in [0.05, 0.1) is 0 Å². The molecule has 1 atom stereocenters. The van der Waals surface area contributed by atoms with Crippen LogP contribution in [0.5, 0.6) is 0 Å². The zero-order chi connectivity index (χ0) is 15.5. The van der Waals surface area contributed by atoms with Crippen LogP contribution in [0.15, 0.2) is 0 Å². The van der Waals surface area contributed by atoms with E-state index in [-0.39, 0.29) is 6.03 Å². The molecule has 0 bridgehead atoms. The normalized spacial score (nSPS) is 27.1. The van der Waals surface area contributed by atoms with Crippen molar-refractivity contribution in [1.82, 2.24) is 14.7 Å². The minimum absolute atomic E-state index is 0.0899. The minimum Gasteiger partial charge on any atom is -0.479 e. The van der Waals surface area contributed by atoms with Crippen LogP contribution in [0.25, 0.3) is 0 Å². The zero-order valence-corrected chi connectivity index (χ0v) is 13.2. The highest BCUT2D eigenvalue weighted by Gasteiger charge is 2.49. The molecule has 6 nitrogen and oxygen atoms in total. The zero-order valence-electron chi connectivity index (χ0n) is 13.2. The molecule has 0 aromatic carbocycles. The maximum atomic E-state index is 12.7. The van der Waals surface area contributed by atoms with E-state index in [4.69, 9.17) is 0 Å². The Morgan fingerprint density at radius 3 is 2.29 bits per heavy atom. The van der Waals surface area contributed by atoms with Gasteiger partial charge in [-0.2, -0.15) is 0 Å². The van der Waals surface area contributed by atoms with E-state index in [9.17, 15) is 14.7 Å². The molecule has 0 spiro atoms. The molecule has 0 aromatic heterocycles. The molecule has 2 amide bonds. The number of piperazine rings is 1. The molecule has 0 aromatic rings. The highest BCUT2D eigenvalue weighted by atomic mass is 16.4. The predicted molar refractivity (Wildman–Crippen MR) is 80.3 cm³/mol. The van der Waals surface area contributed by atoms with Crippen LogP contribution in [0, 0.1) is 0 Å². The van der Waals surface area contributed by atoms with Gasteiger partial charge in [0.2, 0.25) is 0 Å². The van der Waals surface area contributed by atoms with E-state index in [0.717, 1.165) is 32.5 Å². The summed E-state index contributed by atoms with van der Waals surface area (Å²) < 4.78 is 0. The van der Waals surface area contributed by atoms with E-state index in [1.54, 1.807) is 4.90 Å². The van der Waals surface area contributed by atoms with Gasteiger partial charge in [-0.1, -0.05) is 13.8 Å². The van der Waals surface area contributed by atoms with Crippen LogP contribution in [0.2, 0.25) is 0 Å². The number of aliphatic carboxylic acids is 1. The number of carbonyl (C=O) groups is 2. The Hall–Kier alpha value is -1.30. The van der Waals surface area contributed by atoms with Crippen molar-refractivity contribution in [2.45, 2.75) is 45.1 Å². The third kappa shape index (κ3) is 3.00. The Morgan fingerprint density at radius 1 is 1.10 bits per heavy atom. The second-order valence-corrected chi connectivity index (χ2v) is 6.06. The second-order valence-electron chi connectivity index (χ2n) is 6.06. The Morgan fingerprint density at radius 2 is 1.76 bits per heavy atom. The predicted octanol–water partition coefficient (Wildman–Crippen LogP) is 1.46. The second kappa shape index (κ2) is 6.64. The number of urea groups is 1. The summed E-state index contributed by atoms with van der Waals surface area (Å²) in [6.07, 6.45) is 2.95. The van der Waals surface area contributed by atoms with Crippen LogP contribution >= 0.6 is 0 Å². The lowest BCUT2D eigenvalue weighted by Gasteiger charge is -2.41. The van der Waals surface area contributed by atoms with Gasteiger partial charge in [-0.05, 0) is 32.2 Å². The molecular formula is C15H27N3O3. The molecule has 0 saturated carbocycles. The van der Waals surface area contributed by atoms with Gasteiger partial charge in [0.1, 0.15) is 5.54 Å². The van der Waals surface area contributed by atoms with E-state index < -0.39 is 11.5 Å². The van der Waals surface area contributed by atoms with E-state index in [1.165, 1.54) is 0 Å². The Kier molecular flexibility index (Phi) is 5.08. The van der Waals surface area contributed by atoms with E-state index in [2.05, 4.69) is 11.8 Å². The lowest BCUT2D eigenvalue weighted by atomic mass is 9.93. The van der Waals surface area contributed by atoms with Crippen molar-refractivity contribution in [3.05, 3.63) is 0 Å². The number of hydrogen-bond donors (Lipinski definition) is 1. The van der Waals surface area contributed by atoms with E-state index in [1.807, 2.05) is 11.8 Å². The molecule has 21 heavy (non-hydrogen) atoms. The van der Waals surface area contributed by atoms with Crippen LogP contribution in [-0.4, -0.2) is 76.6 Å². The fraction of sp³-hybridized carbons (Fsp3) is 0.867. The molecule has 0 aliphatic carbocycles. The van der Waals surface area contributed by atoms with Gasteiger partial charge < -0.3 is 14.9 Å². The summed E-state index contributed by atoms with van der Waals surface area (Å²) in [5, 5.41) is 9.57. The molecule has 2 rings (SSSR count). The summed E-state index contributed by atoms with van der Waals surface area (Å²) in [5.74, 6) is -0.861. The molecule has 2 aliphatic rings. The number of likely N-dealkylation sites (tertiary alicyclic amines) is 1. The molecule has 2 fully saturated rings. The third-order valence-corrected chi connectivity index (χ3v) is 4.89. The Balaban J connectivity index is 2.01. The van der Waals surface area contributed by atoms with Gasteiger partial charge >= 0.3 is 12.0 Å². The first-order valence-electron chi connectivity index (χ1n) is 8.07. The Labute approximate surface area is 126 Å². The average Bonchev–Trinajstić information content (AvgIpc) is 2.93. The maximum Gasteiger partial charge on any atom is 0.329 e. The molecule has 0 radical (unpaired) electrons. The van der Waals surface area contributed by atoms with Crippen molar-refractivity contribution in [3.8, 4) is 0 Å². The van der Waals surface area contributed by atoms with Crippen molar-refractivity contribution in [2.75, 3.05) is 39.3 Å². The summed E-state index contributed by atoms with van der Waals surface area (Å²) >= 11 is 0. The van der Waals surface area contributed by atoms with Crippen LogP contribution in [0.4, 0.5) is 4.79 Å². The van der Waals surface area contributed by atoms with Crippen LogP contribution in [0.3, 0.4) is 0 Å². The van der Waals surface area contributed by atoms with Crippen molar-refractivity contribution >= 4 is 12.0 Å². The molecule has 1 N–H and O–H groups in total. The van der Waals surface area contributed by atoms with Crippen molar-refractivity contribution in [3.63, 3.8) is 0 Å². The Bertz CT molecular complexity index is 394. The van der Waals surface area contributed by atoms with Gasteiger partial charge in [0, 0.05) is 32.7 Å². The van der Waals surface area contributed by atoms with E-state index in [0.29, 0.717) is 32.5 Å². The number of carboxylic acid groups (broad SMARTS) is 1. The summed E-state index contributed by atoms with van der Waals surface area (Å²) in [5.41, 5.74) is -0.988. The highest BCUT2D eigenvalue weighted by Crippen LogP contribution is 2.33. The number of nitrogens with zero attached hydrogens (tertiary/aromatic N) is 3. The summed E-state index contributed by atoms with van der Waals surface area (Å²) in [6.45, 7) is 8.83. The quantitative estimate of drug-likeness (QED) is 0.853. The van der Waals surface area contributed by atoms with Crippen LogP contribution in [-0.2, 0) is 4.79 Å². The molecule has 6 heteroatoms. The first-order chi connectivity index (χ1) is 10.0. The summed E-state index contributed by atoms with van der Waals surface area (Å²) in [6, 6.07) is -0.0899. The number of amides is 2. The standard InChI is InChI=1S/C15H27N3O3/c1-3-7-16-9-11-17(12-10-16)14(21)18-8-5-6-15(18,4-2)13(19)20/h3-12H2,1-2H3,(H,19,20). The smallest absolute Gasteiger partial charge is 0.329 e.